The third-order valence-corrected chi connectivity index (χ3v) is 4.82. The Hall–Kier alpha value is -0.0800. The third-order valence-electron chi connectivity index (χ3n) is 4.82. The zero-order valence-electron chi connectivity index (χ0n) is 12.9. The maximum atomic E-state index is 10.2. The molecule has 0 saturated heterocycles. The lowest BCUT2D eigenvalue weighted by atomic mass is 9.80. The van der Waals surface area contributed by atoms with Gasteiger partial charge in [-0.15, -0.1) is 0 Å². The number of aliphatic hydroxyl groups is 1. The first kappa shape index (κ1) is 16.0. The molecule has 0 aromatic rings. The molecule has 1 aliphatic carbocycles. The van der Waals surface area contributed by atoms with E-state index in [1.165, 1.54) is 32.2 Å². The lowest BCUT2D eigenvalue weighted by molar-refractivity contribution is 0.0284. The normalized spacial score (nSPS) is 29.2. The largest absolute Gasteiger partial charge is 0.393 e. The summed E-state index contributed by atoms with van der Waals surface area (Å²) in [5.74, 6) is 2.12. The lowest BCUT2D eigenvalue weighted by Gasteiger charge is -2.36. The number of hydrogen-bond donors (Lipinski definition) is 1. The van der Waals surface area contributed by atoms with Crippen LogP contribution in [0.5, 0.6) is 0 Å². The van der Waals surface area contributed by atoms with Crippen molar-refractivity contribution < 1.29 is 5.11 Å². The van der Waals surface area contributed by atoms with Crippen LogP contribution in [0.15, 0.2) is 0 Å². The molecular formula is C16H33NO. The van der Waals surface area contributed by atoms with E-state index in [2.05, 4.69) is 32.6 Å². The van der Waals surface area contributed by atoms with Crippen LogP contribution in [0.25, 0.3) is 0 Å². The summed E-state index contributed by atoms with van der Waals surface area (Å²) < 4.78 is 0. The van der Waals surface area contributed by atoms with E-state index in [1.54, 1.807) is 0 Å². The minimum absolute atomic E-state index is 0.0584. The molecular weight excluding hydrogens is 222 g/mol. The van der Waals surface area contributed by atoms with Crippen molar-refractivity contribution in [3.8, 4) is 0 Å². The van der Waals surface area contributed by atoms with Crippen LogP contribution in [0.1, 0.15) is 59.8 Å². The van der Waals surface area contributed by atoms with Crippen LogP contribution in [0, 0.1) is 17.8 Å². The molecule has 0 amide bonds. The van der Waals surface area contributed by atoms with Gasteiger partial charge in [-0.1, -0.05) is 40.5 Å². The van der Waals surface area contributed by atoms with Gasteiger partial charge in [0.2, 0.25) is 0 Å². The Morgan fingerprint density at radius 2 is 1.83 bits per heavy atom. The van der Waals surface area contributed by atoms with Crippen molar-refractivity contribution in [3.63, 3.8) is 0 Å². The number of hydrogen-bond acceptors (Lipinski definition) is 2. The summed E-state index contributed by atoms with van der Waals surface area (Å²) in [6, 6.07) is 0. The van der Waals surface area contributed by atoms with Crippen LogP contribution in [0.3, 0.4) is 0 Å². The highest BCUT2D eigenvalue weighted by Gasteiger charge is 2.28. The van der Waals surface area contributed by atoms with Crippen molar-refractivity contribution in [2.24, 2.45) is 17.8 Å². The molecule has 1 N–H and O–H groups in total. The fraction of sp³-hybridized carbons (Fsp3) is 1.00. The van der Waals surface area contributed by atoms with Crippen LogP contribution < -0.4 is 0 Å². The zero-order valence-corrected chi connectivity index (χ0v) is 12.9. The molecule has 18 heavy (non-hydrogen) atoms. The Labute approximate surface area is 114 Å². The first-order valence-corrected chi connectivity index (χ1v) is 8.00. The molecule has 1 fully saturated rings. The maximum absolute atomic E-state index is 10.2. The van der Waals surface area contributed by atoms with Gasteiger partial charge in [-0.05, 0) is 43.6 Å². The van der Waals surface area contributed by atoms with E-state index in [0.717, 1.165) is 31.3 Å². The summed E-state index contributed by atoms with van der Waals surface area (Å²) in [4.78, 5) is 2.56. The SMILES string of the molecule is CCC(CC)CN(CC)CC1CC(C)CCC1O. The number of aliphatic hydroxyl groups excluding tert-OH is 1. The van der Waals surface area contributed by atoms with Gasteiger partial charge in [0.15, 0.2) is 0 Å². The van der Waals surface area contributed by atoms with Crippen LogP contribution in [-0.4, -0.2) is 35.7 Å². The van der Waals surface area contributed by atoms with Gasteiger partial charge >= 0.3 is 0 Å². The molecule has 2 heteroatoms. The van der Waals surface area contributed by atoms with Crippen molar-refractivity contribution in [2.75, 3.05) is 19.6 Å². The Balaban J connectivity index is 2.45. The Bertz CT molecular complexity index is 215. The fourth-order valence-electron chi connectivity index (χ4n) is 3.26. The molecule has 108 valence electrons. The van der Waals surface area contributed by atoms with Crippen LogP contribution in [-0.2, 0) is 0 Å². The summed E-state index contributed by atoms with van der Waals surface area (Å²) in [7, 11) is 0. The first-order valence-electron chi connectivity index (χ1n) is 8.00. The summed E-state index contributed by atoms with van der Waals surface area (Å²) in [6.07, 6.45) is 5.91. The van der Waals surface area contributed by atoms with Gasteiger partial charge in [0.05, 0.1) is 6.10 Å². The first-order chi connectivity index (χ1) is 8.60. The maximum Gasteiger partial charge on any atom is 0.0580 e. The number of rotatable bonds is 7. The predicted molar refractivity (Wildman–Crippen MR) is 78.7 cm³/mol. The molecule has 0 bridgehead atoms. The molecule has 2 nitrogen and oxygen atoms in total. The average molecular weight is 255 g/mol. The highest BCUT2D eigenvalue weighted by molar-refractivity contribution is 4.80. The minimum atomic E-state index is -0.0584. The molecule has 3 atom stereocenters. The number of nitrogens with zero attached hydrogens (tertiary/aromatic N) is 1. The molecule has 0 aromatic carbocycles. The smallest absolute Gasteiger partial charge is 0.0580 e. The molecule has 0 aliphatic heterocycles. The Kier molecular flexibility index (Phi) is 7.25. The second-order valence-corrected chi connectivity index (χ2v) is 6.28. The second kappa shape index (κ2) is 8.16. The topological polar surface area (TPSA) is 23.5 Å². The molecule has 1 saturated carbocycles. The molecule has 1 aliphatic rings. The molecule has 0 radical (unpaired) electrons. The minimum Gasteiger partial charge on any atom is -0.393 e. The predicted octanol–water partition coefficient (Wildman–Crippen LogP) is 3.54. The van der Waals surface area contributed by atoms with Crippen molar-refractivity contribution in [2.45, 2.75) is 65.9 Å². The van der Waals surface area contributed by atoms with Crippen molar-refractivity contribution in [1.29, 1.82) is 0 Å². The summed E-state index contributed by atoms with van der Waals surface area (Å²) in [5, 5.41) is 10.2. The van der Waals surface area contributed by atoms with Crippen LogP contribution >= 0.6 is 0 Å². The van der Waals surface area contributed by atoms with Crippen LogP contribution in [0.4, 0.5) is 0 Å². The van der Waals surface area contributed by atoms with Crippen molar-refractivity contribution in [1.82, 2.24) is 4.90 Å². The Morgan fingerprint density at radius 1 is 1.17 bits per heavy atom. The van der Waals surface area contributed by atoms with Gasteiger partial charge in [-0.2, -0.15) is 0 Å². The van der Waals surface area contributed by atoms with E-state index in [4.69, 9.17) is 0 Å². The summed E-state index contributed by atoms with van der Waals surface area (Å²) >= 11 is 0. The van der Waals surface area contributed by atoms with Gasteiger partial charge in [-0.3, -0.25) is 0 Å². The van der Waals surface area contributed by atoms with Gasteiger partial charge in [0.25, 0.3) is 0 Å². The van der Waals surface area contributed by atoms with Gasteiger partial charge in [0.1, 0.15) is 0 Å². The van der Waals surface area contributed by atoms with Crippen LogP contribution in [0.2, 0.25) is 0 Å². The molecule has 1 rings (SSSR count). The highest BCUT2D eigenvalue weighted by atomic mass is 16.3. The van der Waals surface area contributed by atoms with E-state index < -0.39 is 0 Å². The Morgan fingerprint density at radius 3 is 2.39 bits per heavy atom. The highest BCUT2D eigenvalue weighted by Crippen LogP contribution is 2.29. The quantitative estimate of drug-likeness (QED) is 0.752. The lowest BCUT2D eigenvalue weighted by Crippen LogP contribution is -2.40. The van der Waals surface area contributed by atoms with Crippen molar-refractivity contribution in [3.05, 3.63) is 0 Å². The van der Waals surface area contributed by atoms with Gasteiger partial charge < -0.3 is 10.0 Å². The van der Waals surface area contributed by atoms with E-state index in [0.29, 0.717) is 5.92 Å². The molecule has 0 spiro atoms. The summed E-state index contributed by atoms with van der Waals surface area (Å²) in [6.45, 7) is 12.6. The van der Waals surface area contributed by atoms with E-state index in [-0.39, 0.29) is 6.10 Å². The third kappa shape index (κ3) is 4.89. The molecule has 0 aromatic heterocycles. The van der Waals surface area contributed by atoms with Crippen molar-refractivity contribution >= 4 is 0 Å². The van der Waals surface area contributed by atoms with E-state index >= 15 is 0 Å². The van der Waals surface area contributed by atoms with Gasteiger partial charge in [-0.25, -0.2) is 0 Å². The molecule has 0 heterocycles. The fourth-order valence-corrected chi connectivity index (χ4v) is 3.26. The molecule has 3 unspecified atom stereocenters. The monoisotopic (exact) mass is 255 g/mol. The van der Waals surface area contributed by atoms with E-state index in [9.17, 15) is 5.11 Å². The standard InChI is InChI=1S/C16H33NO/c1-5-14(6-2)11-17(7-3)12-15-10-13(4)8-9-16(15)18/h13-16,18H,5-12H2,1-4H3. The second-order valence-electron chi connectivity index (χ2n) is 6.28. The summed E-state index contributed by atoms with van der Waals surface area (Å²) in [5.41, 5.74) is 0. The average Bonchev–Trinajstić information content (AvgIpc) is 2.38. The van der Waals surface area contributed by atoms with Gasteiger partial charge in [0, 0.05) is 13.1 Å². The van der Waals surface area contributed by atoms with E-state index in [1.807, 2.05) is 0 Å². The zero-order chi connectivity index (χ0) is 13.5.